The fraction of sp³-hybridized carbons (Fsp3) is 0.500. The van der Waals surface area contributed by atoms with Gasteiger partial charge in [0.15, 0.2) is 11.5 Å². The van der Waals surface area contributed by atoms with E-state index in [0.717, 1.165) is 0 Å². The molecule has 0 fully saturated rings. The van der Waals surface area contributed by atoms with Gasteiger partial charge in [-0.25, -0.2) is 4.39 Å². The molecule has 0 spiro atoms. The van der Waals surface area contributed by atoms with Crippen LogP contribution in [0, 0.1) is 5.82 Å². The van der Waals surface area contributed by atoms with Gasteiger partial charge >= 0.3 is 0 Å². The van der Waals surface area contributed by atoms with Gasteiger partial charge in [-0.2, -0.15) is 0 Å². The van der Waals surface area contributed by atoms with Crippen molar-refractivity contribution in [1.29, 1.82) is 0 Å². The van der Waals surface area contributed by atoms with E-state index in [9.17, 15) is 4.39 Å². The summed E-state index contributed by atoms with van der Waals surface area (Å²) in [5, 5.41) is 0.00176. The Morgan fingerprint density at radius 2 is 1.94 bits per heavy atom. The number of benzene rings is 1. The fourth-order valence-corrected chi connectivity index (χ4v) is 1.84. The van der Waals surface area contributed by atoms with Crippen LogP contribution in [0.25, 0.3) is 0 Å². The molecular weight excluding hydrogens is 245 g/mol. The zero-order chi connectivity index (χ0) is 13.2. The first kappa shape index (κ1) is 14.1. The van der Waals surface area contributed by atoms with Crippen LogP contribution in [0.15, 0.2) is 6.07 Å². The molecule has 0 unspecified atom stereocenters. The van der Waals surface area contributed by atoms with E-state index in [1.807, 2.05) is 0 Å². The highest BCUT2D eigenvalue weighted by molar-refractivity contribution is 6.31. The van der Waals surface area contributed by atoms with Crippen molar-refractivity contribution < 1.29 is 13.9 Å². The minimum atomic E-state index is -0.566. The number of methoxy groups -OCH3 is 2. The topological polar surface area (TPSA) is 44.5 Å². The Hall–Kier alpha value is -1.00. The number of hydrogen-bond acceptors (Lipinski definition) is 3. The molecule has 0 saturated carbocycles. The summed E-state index contributed by atoms with van der Waals surface area (Å²) in [7, 11) is 2.93. The first-order valence-electron chi connectivity index (χ1n) is 5.18. The average Bonchev–Trinajstić information content (AvgIpc) is 2.22. The summed E-state index contributed by atoms with van der Waals surface area (Å²) in [5.41, 5.74) is 5.67. The molecule has 5 heteroatoms. The molecule has 0 saturated heterocycles. The summed E-state index contributed by atoms with van der Waals surface area (Å²) in [6, 6.07) is 1.39. The molecule has 1 aromatic carbocycles. The van der Waals surface area contributed by atoms with Gasteiger partial charge in [-0.1, -0.05) is 11.6 Å². The SMILES string of the molecule is COc1cc(Cl)c(F)c(CC(C)(C)N)c1OC. The van der Waals surface area contributed by atoms with E-state index in [-0.39, 0.29) is 5.02 Å². The summed E-state index contributed by atoms with van der Waals surface area (Å²) in [5.74, 6) is 0.230. The highest BCUT2D eigenvalue weighted by atomic mass is 35.5. The van der Waals surface area contributed by atoms with Gasteiger partial charge in [-0.05, 0) is 20.3 Å². The van der Waals surface area contributed by atoms with Crippen LogP contribution in [-0.2, 0) is 6.42 Å². The van der Waals surface area contributed by atoms with Crippen molar-refractivity contribution in [3.63, 3.8) is 0 Å². The molecule has 0 atom stereocenters. The third-order valence-electron chi connectivity index (χ3n) is 2.29. The second-order valence-corrected chi connectivity index (χ2v) is 4.96. The van der Waals surface area contributed by atoms with Crippen molar-refractivity contribution in [3.8, 4) is 11.5 Å². The largest absolute Gasteiger partial charge is 0.493 e. The van der Waals surface area contributed by atoms with E-state index in [0.29, 0.717) is 23.5 Å². The normalized spacial score (nSPS) is 11.5. The van der Waals surface area contributed by atoms with Crippen molar-refractivity contribution in [2.24, 2.45) is 5.73 Å². The van der Waals surface area contributed by atoms with E-state index in [1.54, 1.807) is 13.8 Å². The van der Waals surface area contributed by atoms with Gasteiger partial charge in [0, 0.05) is 17.2 Å². The molecule has 17 heavy (non-hydrogen) atoms. The van der Waals surface area contributed by atoms with Gasteiger partial charge < -0.3 is 15.2 Å². The number of ether oxygens (including phenoxy) is 2. The van der Waals surface area contributed by atoms with E-state index in [1.165, 1.54) is 20.3 Å². The minimum absolute atomic E-state index is 0.00176. The lowest BCUT2D eigenvalue weighted by atomic mass is 9.95. The predicted octanol–water partition coefficient (Wildman–Crippen LogP) is 2.78. The lowest BCUT2D eigenvalue weighted by molar-refractivity contribution is 0.344. The van der Waals surface area contributed by atoms with Gasteiger partial charge in [0.1, 0.15) is 5.82 Å². The molecule has 2 N–H and O–H groups in total. The Labute approximate surface area is 106 Å². The molecule has 0 heterocycles. The van der Waals surface area contributed by atoms with Crippen molar-refractivity contribution in [2.45, 2.75) is 25.8 Å². The highest BCUT2D eigenvalue weighted by Gasteiger charge is 2.23. The minimum Gasteiger partial charge on any atom is -0.493 e. The van der Waals surface area contributed by atoms with Crippen LogP contribution >= 0.6 is 11.6 Å². The maximum atomic E-state index is 14.0. The van der Waals surface area contributed by atoms with Crippen LogP contribution in [0.5, 0.6) is 11.5 Å². The molecule has 1 rings (SSSR count). The van der Waals surface area contributed by atoms with Gasteiger partial charge in [-0.15, -0.1) is 0 Å². The number of nitrogens with two attached hydrogens (primary N) is 1. The average molecular weight is 262 g/mol. The molecule has 96 valence electrons. The quantitative estimate of drug-likeness (QED) is 0.906. The lowest BCUT2D eigenvalue weighted by Gasteiger charge is -2.22. The smallest absolute Gasteiger partial charge is 0.167 e. The Balaban J connectivity index is 3.38. The molecule has 0 aliphatic rings. The Kier molecular flexibility index (Phi) is 4.22. The summed E-state index contributed by atoms with van der Waals surface area (Å²) in [6.07, 6.45) is 0.304. The number of hydrogen-bond donors (Lipinski definition) is 1. The van der Waals surface area contributed by atoms with E-state index < -0.39 is 11.4 Å². The summed E-state index contributed by atoms with van der Waals surface area (Å²) in [6.45, 7) is 3.61. The molecule has 0 bridgehead atoms. The van der Waals surface area contributed by atoms with Gasteiger partial charge in [-0.3, -0.25) is 0 Å². The molecule has 0 aliphatic heterocycles. The molecular formula is C12H17ClFNO2. The fourth-order valence-electron chi connectivity index (χ4n) is 1.63. The van der Waals surface area contributed by atoms with E-state index >= 15 is 0 Å². The second kappa shape index (κ2) is 5.10. The molecule has 0 radical (unpaired) electrons. The van der Waals surface area contributed by atoms with Gasteiger partial charge in [0.25, 0.3) is 0 Å². The highest BCUT2D eigenvalue weighted by Crippen LogP contribution is 2.38. The Morgan fingerprint density at radius 1 is 1.35 bits per heavy atom. The summed E-state index contributed by atoms with van der Waals surface area (Å²) in [4.78, 5) is 0. The van der Waals surface area contributed by atoms with Crippen molar-refractivity contribution in [3.05, 3.63) is 22.5 Å². The maximum Gasteiger partial charge on any atom is 0.167 e. The third-order valence-corrected chi connectivity index (χ3v) is 2.56. The number of rotatable bonds is 4. The number of halogens is 2. The molecule has 1 aromatic rings. The standard InChI is InChI=1S/C12H17ClFNO2/c1-12(2,15)6-7-10(14)8(13)5-9(16-3)11(7)17-4/h5H,6,15H2,1-4H3. The van der Waals surface area contributed by atoms with Crippen LogP contribution in [-0.4, -0.2) is 19.8 Å². The van der Waals surface area contributed by atoms with Crippen molar-refractivity contribution in [2.75, 3.05) is 14.2 Å². The van der Waals surface area contributed by atoms with Gasteiger partial charge in [0.2, 0.25) is 0 Å². The zero-order valence-corrected chi connectivity index (χ0v) is 11.2. The van der Waals surface area contributed by atoms with Crippen LogP contribution in [0.3, 0.4) is 0 Å². The summed E-state index contributed by atoms with van der Waals surface area (Å²) < 4.78 is 24.3. The van der Waals surface area contributed by atoms with Gasteiger partial charge in [0.05, 0.1) is 19.2 Å². The van der Waals surface area contributed by atoms with E-state index in [2.05, 4.69) is 0 Å². The molecule has 3 nitrogen and oxygen atoms in total. The Morgan fingerprint density at radius 3 is 2.35 bits per heavy atom. The Bertz CT molecular complexity index is 416. The first-order valence-corrected chi connectivity index (χ1v) is 5.55. The zero-order valence-electron chi connectivity index (χ0n) is 10.4. The maximum absolute atomic E-state index is 14.0. The third kappa shape index (κ3) is 3.23. The van der Waals surface area contributed by atoms with Crippen LogP contribution < -0.4 is 15.2 Å². The second-order valence-electron chi connectivity index (χ2n) is 4.55. The van der Waals surface area contributed by atoms with Crippen LogP contribution in [0.2, 0.25) is 5.02 Å². The van der Waals surface area contributed by atoms with Crippen molar-refractivity contribution in [1.82, 2.24) is 0 Å². The lowest BCUT2D eigenvalue weighted by Crippen LogP contribution is -2.35. The van der Waals surface area contributed by atoms with Crippen LogP contribution in [0.1, 0.15) is 19.4 Å². The molecule has 0 aliphatic carbocycles. The summed E-state index contributed by atoms with van der Waals surface area (Å²) >= 11 is 5.80. The molecule has 0 aromatic heterocycles. The van der Waals surface area contributed by atoms with Crippen LogP contribution in [0.4, 0.5) is 4.39 Å². The predicted molar refractivity (Wildman–Crippen MR) is 66.5 cm³/mol. The van der Waals surface area contributed by atoms with E-state index in [4.69, 9.17) is 26.8 Å². The first-order chi connectivity index (χ1) is 7.80. The molecule has 0 amide bonds. The van der Waals surface area contributed by atoms with Crippen molar-refractivity contribution >= 4 is 11.6 Å². The monoisotopic (exact) mass is 261 g/mol.